The molecule has 0 aliphatic rings. The molecule has 28 heavy (non-hydrogen) atoms. The van der Waals surface area contributed by atoms with E-state index in [9.17, 15) is 8.42 Å². The molecule has 0 radical (unpaired) electrons. The van der Waals surface area contributed by atoms with Crippen LogP contribution in [0, 0.1) is 6.92 Å². The molecule has 3 rings (SSSR count). The summed E-state index contributed by atoms with van der Waals surface area (Å²) in [4.78, 5) is 2.13. The standard InChI is InChI=1S/C19H19BrCl2N2O3S/c1-12-19(27-9-8-23(2)3)16-10-14(21)11-17(22)18(16)24(12)28(25,26)15-6-4-13(20)5-7-15/h4-7,10-11H,8-9H2,1-3H3. The van der Waals surface area contributed by atoms with Crippen molar-refractivity contribution in [2.75, 3.05) is 27.2 Å². The molecular formula is C19H19BrCl2N2O3S. The highest BCUT2D eigenvalue weighted by Gasteiger charge is 2.27. The number of benzene rings is 2. The number of aromatic nitrogens is 1. The van der Waals surface area contributed by atoms with Crippen LogP contribution in [0.15, 0.2) is 45.8 Å². The van der Waals surface area contributed by atoms with Crippen molar-refractivity contribution in [3.05, 3.63) is 56.6 Å². The predicted molar refractivity (Wildman–Crippen MR) is 117 cm³/mol. The lowest BCUT2D eigenvalue weighted by Crippen LogP contribution is -2.20. The lowest BCUT2D eigenvalue weighted by Gasteiger charge is -2.12. The Kier molecular flexibility index (Phi) is 6.32. The highest BCUT2D eigenvalue weighted by molar-refractivity contribution is 9.10. The Bertz CT molecular complexity index is 1130. The molecule has 0 bridgehead atoms. The number of rotatable bonds is 6. The third-order valence-corrected chi connectivity index (χ3v) is 7.09. The van der Waals surface area contributed by atoms with E-state index in [-0.39, 0.29) is 9.92 Å². The first-order chi connectivity index (χ1) is 13.1. The van der Waals surface area contributed by atoms with Crippen LogP contribution in [0.2, 0.25) is 10.0 Å². The molecule has 1 aromatic heterocycles. The van der Waals surface area contributed by atoms with Crippen LogP contribution < -0.4 is 4.74 Å². The van der Waals surface area contributed by atoms with Crippen LogP contribution >= 0.6 is 39.1 Å². The van der Waals surface area contributed by atoms with Gasteiger partial charge in [-0.15, -0.1) is 0 Å². The second-order valence-electron chi connectivity index (χ2n) is 6.57. The zero-order valence-electron chi connectivity index (χ0n) is 15.5. The Morgan fingerprint density at radius 2 is 1.79 bits per heavy atom. The van der Waals surface area contributed by atoms with Crippen LogP contribution in [0.25, 0.3) is 10.9 Å². The van der Waals surface area contributed by atoms with Gasteiger partial charge in [0, 0.05) is 21.4 Å². The molecule has 0 spiro atoms. The lowest BCUT2D eigenvalue weighted by atomic mass is 10.2. The molecule has 0 unspecified atom stereocenters. The van der Waals surface area contributed by atoms with Crippen LogP contribution in [-0.4, -0.2) is 44.5 Å². The summed E-state index contributed by atoms with van der Waals surface area (Å²) in [6, 6.07) is 9.65. The molecule has 2 aromatic carbocycles. The summed E-state index contributed by atoms with van der Waals surface area (Å²) >= 11 is 15.9. The van der Waals surface area contributed by atoms with Gasteiger partial charge in [0.1, 0.15) is 12.4 Å². The zero-order chi connectivity index (χ0) is 20.6. The number of nitrogens with zero attached hydrogens (tertiary/aromatic N) is 2. The minimum atomic E-state index is -3.89. The SMILES string of the molecule is Cc1c(OCCN(C)C)c2cc(Cl)cc(Cl)c2n1S(=O)(=O)c1ccc(Br)cc1. The Morgan fingerprint density at radius 3 is 2.39 bits per heavy atom. The van der Waals surface area contributed by atoms with Crippen molar-refractivity contribution in [2.24, 2.45) is 0 Å². The predicted octanol–water partition coefficient (Wildman–Crippen LogP) is 5.20. The van der Waals surface area contributed by atoms with Crippen molar-refractivity contribution in [3.63, 3.8) is 0 Å². The smallest absolute Gasteiger partial charge is 0.268 e. The van der Waals surface area contributed by atoms with E-state index in [1.807, 2.05) is 19.0 Å². The first kappa shape index (κ1) is 21.5. The van der Waals surface area contributed by atoms with Crippen molar-refractivity contribution in [2.45, 2.75) is 11.8 Å². The minimum Gasteiger partial charge on any atom is -0.490 e. The third-order valence-electron chi connectivity index (χ3n) is 4.25. The van der Waals surface area contributed by atoms with Gasteiger partial charge in [0.05, 0.1) is 21.1 Å². The first-order valence-electron chi connectivity index (χ1n) is 8.41. The van der Waals surface area contributed by atoms with Crippen molar-refractivity contribution >= 4 is 60.1 Å². The van der Waals surface area contributed by atoms with Gasteiger partial charge in [-0.05, 0) is 57.4 Å². The van der Waals surface area contributed by atoms with E-state index >= 15 is 0 Å². The Labute approximate surface area is 183 Å². The van der Waals surface area contributed by atoms with Gasteiger partial charge in [-0.3, -0.25) is 0 Å². The first-order valence-corrected chi connectivity index (χ1v) is 11.4. The summed E-state index contributed by atoms with van der Waals surface area (Å²) in [6.45, 7) is 2.78. The van der Waals surface area contributed by atoms with E-state index in [1.54, 1.807) is 37.3 Å². The molecule has 150 valence electrons. The van der Waals surface area contributed by atoms with Gasteiger partial charge in [0.2, 0.25) is 0 Å². The topological polar surface area (TPSA) is 51.5 Å². The van der Waals surface area contributed by atoms with Gasteiger partial charge in [0.15, 0.2) is 0 Å². The zero-order valence-corrected chi connectivity index (χ0v) is 19.5. The van der Waals surface area contributed by atoms with Crippen LogP contribution in [0.5, 0.6) is 5.75 Å². The Morgan fingerprint density at radius 1 is 1.14 bits per heavy atom. The fourth-order valence-corrected chi connectivity index (χ4v) is 5.39. The summed E-state index contributed by atoms with van der Waals surface area (Å²) in [6.07, 6.45) is 0. The lowest BCUT2D eigenvalue weighted by molar-refractivity contribution is 0.262. The van der Waals surface area contributed by atoms with E-state index in [0.717, 1.165) is 4.47 Å². The van der Waals surface area contributed by atoms with Gasteiger partial charge in [0.25, 0.3) is 10.0 Å². The number of hydrogen-bond acceptors (Lipinski definition) is 4. The van der Waals surface area contributed by atoms with Crippen molar-refractivity contribution in [1.82, 2.24) is 8.87 Å². The van der Waals surface area contributed by atoms with Gasteiger partial charge in [-0.1, -0.05) is 39.1 Å². The molecule has 0 atom stereocenters. The molecular weight excluding hydrogens is 487 g/mol. The minimum absolute atomic E-state index is 0.154. The summed E-state index contributed by atoms with van der Waals surface area (Å²) in [7, 11) is -0.0195. The normalized spacial score (nSPS) is 12.1. The number of hydrogen-bond donors (Lipinski definition) is 0. The second kappa shape index (κ2) is 8.24. The molecule has 0 saturated carbocycles. The van der Waals surface area contributed by atoms with Crippen LogP contribution in [0.3, 0.4) is 0 Å². The summed E-state index contributed by atoms with van der Waals surface area (Å²) in [5.41, 5.74) is 0.798. The maximum Gasteiger partial charge on any atom is 0.268 e. The van der Waals surface area contributed by atoms with E-state index in [1.165, 1.54) is 10.0 Å². The average molecular weight is 506 g/mol. The van der Waals surface area contributed by atoms with Crippen molar-refractivity contribution < 1.29 is 13.2 Å². The molecule has 0 amide bonds. The summed E-state index contributed by atoms with van der Waals surface area (Å²) in [5.74, 6) is 0.460. The highest BCUT2D eigenvalue weighted by atomic mass is 79.9. The van der Waals surface area contributed by atoms with Gasteiger partial charge in [-0.2, -0.15) is 0 Å². The summed E-state index contributed by atoms with van der Waals surface area (Å²) in [5, 5.41) is 1.22. The Balaban J connectivity index is 2.25. The van der Waals surface area contributed by atoms with Gasteiger partial charge < -0.3 is 9.64 Å². The molecule has 5 nitrogen and oxygen atoms in total. The molecule has 0 fully saturated rings. The van der Waals surface area contributed by atoms with Crippen LogP contribution in [-0.2, 0) is 10.0 Å². The van der Waals surface area contributed by atoms with Crippen molar-refractivity contribution in [3.8, 4) is 5.75 Å². The third kappa shape index (κ3) is 4.04. The fourth-order valence-electron chi connectivity index (χ4n) is 2.93. The molecule has 0 saturated heterocycles. The monoisotopic (exact) mass is 504 g/mol. The Hall–Kier alpha value is -1.25. The highest BCUT2D eigenvalue weighted by Crippen LogP contribution is 2.40. The van der Waals surface area contributed by atoms with E-state index < -0.39 is 10.0 Å². The molecule has 0 aliphatic carbocycles. The average Bonchev–Trinajstić information content (AvgIpc) is 2.88. The quantitative estimate of drug-likeness (QED) is 0.462. The fraction of sp³-hybridized carbons (Fsp3) is 0.263. The van der Waals surface area contributed by atoms with Crippen LogP contribution in [0.4, 0.5) is 0 Å². The largest absolute Gasteiger partial charge is 0.490 e. The number of ether oxygens (including phenoxy) is 1. The number of halogens is 3. The van der Waals surface area contributed by atoms with Crippen molar-refractivity contribution in [1.29, 1.82) is 0 Å². The number of fused-ring (bicyclic) bond motifs is 1. The maximum atomic E-state index is 13.4. The summed E-state index contributed by atoms with van der Waals surface area (Å²) < 4.78 is 34.8. The molecule has 3 aromatic rings. The molecule has 1 heterocycles. The van der Waals surface area contributed by atoms with E-state index in [4.69, 9.17) is 27.9 Å². The molecule has 0 N–H and O–H groups in total. The molecule has 9 heteroatoms. The molecule has 0 aliphatic heterocycles. The van der Waals surface area contributed by atoms with Crippen LogP contribution in [0.1, 0.15) is 5.69 Å². The number of likely N-dealkylation sites (N-methyl/N-ethyl adjacent to an activating group) is 1. The van der Waals surface area contributed by atoms with Gasteiger partial charge in [-0.25, -0.2) is 12.4 Å². The van der Waals surface area contributed by atoms with E-state index in [2.05, 4.69) is 15.9 Å². The van der Waals surface area contributed by atoms with E-state index in [0.29, 0.717) is 40.5 Å². The second-order valence-corrected chi connectivity index (χ2v) is 10.1. The maximum absolute atomic E-state index is 13.4. The van der Waals surface area contributed by atoms with Gasteiger partial charge >= 0.3 is 0 Å².